The number of esters is 1. The van der Waals surface area contributed by atoms with Gasteiger partial charge < -0.3 is 4.74 Å². The molecule has 2 nitrogen and oxygen atoms in total. The first-order valence-corrected chi connectivity index (χ1v) is 15.8. The Morgan fingerprint density at radius 2 is 1.56 bits per heavy atom. The van der Waals surface area contributed by atoms with Crippen LogP contribution in [0.2, 0.25) is 0 Å². The second-order valence-corrected chi connectivity index (χ2v) is 12.3. The van der Waals surface area contributed by atoms with E-state index in [4.69, 9.17) is 4.74 Å². The van der Waals surface area contributed by atoms with Crippen LogP contribution < -0.4 is 0 Å². The molecule has 1 unspecified atom stereocenters. The van der Waals surface area contributed by atoms with Crippen molar-refractivity contribution in [2.75, 3.05) is 6.61 Å². The van der Waals surface area contributed by atoms with Crippen molar-refractivity contribution in [1.82, 2.24) is 0 Å². The molecule has 3 rings (SSSR count). The van der Waals surface area contributed by atoms with Crippen LogP contribution in [0.15, 0.2) is 23.1 Å². The molecule has 1 aliphatic carbocycles. The summed E-state index contributed by atoms with van der Waals surface area (Å²) in [6.45, 7) is 4.65. The Morgan fingerprint density at radius 3 is 2.24 bits per heavy atom. The van der Waals surface area contributed by atoms with Crippen LogP contribution in [0.5, 0.6) is 0 Å². The van der Waals surface area contributed by atoms with Crippen molar-refractivity contribution in [3.63, 3.8) is 0 Å². The average molecular weight is 503 g/mol. The minimum atomic E-state index is -0.0880. The molecule has 1 atom stereocenters. The van der Waals surface area contributed by atoms with E-state index in [1.54, 1.807) is 22.2 Å². The highest BCUT2D eigenvalue weighted by molar-refractivity contribution is 8.00. The van der Waals surface area contributed by atoms with E-state index in [2.05, 4.69) is 25.1 Å². The lowest BCUT2D eigenvalue weighted by Crippen LogP contribution is -2.20. The molecule has 0 fully saturated rings. The number of carbonyl (C=O) groups is 1. The Kier molecular flexibility index (Phi) is 12.9. The second kappa shape index (κ2) is 15.9. The molecule has 1 aliphatic rings. The van der Waals surface area contributed by atoms with Gasteiger partial charge in [0.25, 0.3) is 0 Å². The van der Waals surface area contributed by atoms with Gasteiger partial charge in [-0.15, -0.1) is 23.1 Å². The molecule has 0 bridgehead atoms. The van der Waals surface area contributed by atoms with Gasteiger partial charge >= 0.3 is 5.97 Å². The molecule has 1 aromatic carbocycles. The molecule has 190 valence electrons. The van der Waals surface area contributed by atoms with Crippen LogP contribution in [0.25, 0.3) is 10.1 Å². The summed E-state index contributed by atoms with van der Waals surface area (Å²) in [6, 6.07) is 6.82. The summed E-state index contributed by atoms with van der Waals surface area (Å²) in [7, 11) is 0. The molecule has 4 heteroatoms. The van der Waals surface area contributed by atoms with E-state index >= 15 is 0 Å². The number of thioether (sulfide) groups is 1. The number of carbonyl (C=O) groups excluding carboxylic acids is 1. The maximum absolute atomic E-state index is 12.7. The summed E-state index contributed by atoms with van der Waals surface area (Å²) in [5.74, 6) is -0.0389. The molecule has 0 spiro atoms. The number of aryl methyl sites for hydroxylation is 2. The van der Waals surface area contributed by atoms with Crippen molar-refractivity contribution in [3.8, 4) is 0 Å². The highest BCUT2D eigenvalue weighted by Gasteiger charge is 2.22. The summed E-state index contributed by atoms with van der Waals surface area (Å²) in [5, 5.41) is 1.34. The van der Waals surface area contributed by atoms with Crippen LogP contribution in [-0.4, -0.2) is 17.8 Å². The van der Waals surface area contributed by atoms with Crippen LogP contribution in [0.4, 0.5) is 0 Å². The second-order valence-electron chi connectivity index (χ2n) is 9.91. The molecule has 0 aliphatic heterocycles. The fourth-order valence-electron chi connectivity index (χ4n) is 5.11. The van der Waals surface area contributed by atoms with E-state index in [0.717, 1.165) is 12.8 Å². The van der Waals surface area contributed by atoms with Gasteiger partial charge in [0.05, 0.1) is 6.61 Å². The van der Waals surface area contributed by atoms with Gasteiger partial charge in [-0.1, -0.05) is 84.0 Å². The van der Waals surface area contributed by atoms with Crippen molar-refractivity contribution in [1.29, 1.82) is 0 Å². The van der Waals surface area contributed by atoms with E-state index in [0.29, 0.717) is 6.61 Å². The Balaban J connectivity index is 1.41. The molecule has 0 amide bonds. The van der Waals surface area contributed by atoms with E-state index in [9.17, 15) is 4.79 Å². The van der Waals surface area contributed by atoms with E-state index < -0.39 is 0 Å². The van der Waals surface area contributed by atoms with Gasteiger partial charge in [0.15, 0.2) is 0 Å². The highest BCUT2D eigenvalue weighted by atomic mass is 32.2. The Morgan fingerprint density at radius 1 is 0.912 bits per heavy atom. The molecule has 2 aromatic rings. The monoisotopic (exact) mass is 502 g/mol. The molecule has 0 radical (unpaired) electrons. The summed E-state index contributed by atoms with van der Waals surface area (Å²) >= 11 is 3.69. The zero-order valence-corrected chi connectivity index (χ0v) is 23.3. The first kappa shape index (κ1) is 27.6. The number of hydrogen-bond donors (Lipinski definition) is 0. The lowest BCUT2D eigenvalue weighted by molar-refractivity contribution is -0.142. The van der Waals surface area contributed by atoms with Crippen LogP contribution in [0.3, 0.4) is 0 Å². The smallest absolute Gasteiger partial charge is 0.319 e. The summed E-state index contributed by atoms with van der Waals surface area (Å²) in [4.78, 5) is 15.5. The third-order valence-corrected chi connectivity index (χ3v) is 9.59. The fraction of sp³-hybridized carbons (Fsp3) is 0.700. The first-order valence-electron chi connectivity index (χ1n) is 14.1. The van der Waals surface area contributed by atoms with Crippen molar-refractivity contribution in [2.45, 2.75) is 133 Å². The Bertz CT molecular complexity index is 857. The summed E-state index contributed by atoms with van der Waals surface area (Å²) in [5.41, 5.74) is 1.57. The molecule has 0 saturated carbocycles. The number of unbranched alkanes of at least 4 members (excludes halogenated alkanes) is 11. The molecular formula is C30H46O2S2. The number of thiophene rings is 1. The van der Waals surface area contributed by atoms with Gasteiger partial charge in [0.2, 0.25) is 0 Å². The Hall–Kier alpha value is -1.00. The van der Waals surface area contributed by atoms with Gasteiger partial charge in [0, 0.05) is 14.5 Å². The van der Waals surface area contributed by atoms with Gasteiger partial charge in [-0.25, -0.2) is 0 Å². The van der Waals surface area contributed by atoms with E-state index in [-0.39, 0.29) is 11.2 Å². The number of ether oxygens (including phenoxy) is 1. The zero-order valence-electron chi connectivity index (χ0n) is 21.7. The molecular weight excluding hydrogens is 456 g/mol. The van der Waals surface area contributed by atoms with Crippen molar-refractivity contribution >= 4 is 39.2 Å². The number of benzene rings is 1. The minimum absolute atomic E-state index is 0.0389. The van der Waals surface area contributed by atoms with Crippen molar-refractivity contribution < 1.29 is 9.53 Å². The topological polar surface area (TPSA) is 26.3 Å². The van der Waals surface area contributed by atoms with Crippen LogP contribution in [0.1, 0.15) is 121 Å². The van der Waals surface area contributed by atoms with Gasteiger partial charge in [-0.05, 0) is 68.2 Å². The SMILES string of the molecule is CCCCCCCCCCCCCCC(Sc1ccc2sc3c(c2c1)CCCC3)C(=O)OCC. The van der Waals surface area contributed by atoms with E-state index in [1.165, 1.54) is 111 Å². The lowest BCUT2D eigenvalue weighted by atomic mass is 9.96. The third kappa shape index (κ3) is 8.90. The largest absolute Gasteiger partial charge is 0.465 e. The average Bonchev–Trinajstić information content (AvgIpc) is 3.22. The normalized spacial score (nSPS) is 14.3. The predicted molar refractivity (Wildman–Crippen MR) is 150 cm³/mol. The number of rotatable bonds is 17. The third-order valence-electron chi connectivity index (χ3n) is 7.07. The lowest BCUT2D eigenvalue weighted by Gasteiger charge is -2.16. The molecule has 0 saturated heterocycles. The quantitative estimate of drug-likeness (QED) is 0.122. The number of hydrogen-bond acceptors (Lipinski definition) is 4. The van der Waals surface area contributed by atoms with Gasteiger partial charge in [-0.3, -0.25) is 4.79 Å². The maximum atomic E-state index is 12.7. The van der Waals surface area contributed by atoms with Crippen molar-refractivity contribution in [2.24, 2.45) is 0 Å². The Labute approximate surface area is 216 Å². The van der Waals surface area contributed by atoms with Crippen molar-refractivity contribution in [3.05, 3.63) is 28.6 Å². The van der Waals surface area contributed by atoms with E-state index in [1.807, 2.05) is 18.3 Å². The molecule has 0 N–H and O–H groups in total. The first-order chi connectivity index (χ1) is 16.7. The molecule has 34 heavy (non-hydrogen) atoms. The standard InChI is InChI=1S/C30H46O2S2/c1-3-5-6-7-8-9-10-11-12-13-14-15-20-29(30(31)32-4-2)33-24-21-22-28-26(23-24)25-18-16-17-19-27(25)34-28/h21-23,29H,3-20H2,1-2H3. The number of fused-ring (bicyclic) bond motifs is 3. The molecule has 1 heterocycles. The highest BCUT2D eigenvalue weighted by Crippen LogP contribution is 2.39. The van der Waals surface area contributed by atoms with Crippen LogP contribution in [0, 0.1) is 0 Å². The maximum Gasteiger partial charge on any atom is 0.319 e. The van der Waals surface area contributed by atoms with Crippen LogP contribution >= 0.6 is 23.1 Å². The van der Waals surface area contributed by atoms with Gasteiger partial charge in [-0.2, -0.15) is 0 Å². The summed E-state index contributed by atoms with van der Waals surface area (Å²) < 4.78 is 6.85. The summed E-state index contributed by atoms with van der Waals surface area (Å²) in [6.07, 6.45) is 22.1. The van der Waals surface area contributed by atoms with Gasteiger partial charge in [0.1, 0.15) is 5.25 Å². The minimum Gasteiger partial charge on any atom is -0.465 e. The predicted octanol–water partition coefficient (Wildman–Crippen LogP) is 9.90. The molecule has 1 aromatic heterocycles. The fourth-order valence-corrected chi connectivity index (χ4v) is 7.50. The van der Waals surface area contributed by atoms with Crippen LogP contribution in [-0.2, 0) is 22.4 Å². The zero-order chi connectivity index (χ0) is 24.0.